The molecule has 0 aromatic carbocycles. The minimum Gasteiger partial charge on any atom is -0.326 e. The van der Waals surface area contributed by atoms with Crippen LogP contribution >= 0.6 is 11.3 Å². The molecular weight excluding hydrogens is 180 g/mol. The maximum atomic E-state index is 5.55. The van der Waals surface area contributed by atoms with Crippen molar-refractivity contribution >= 4 is 11.3 Å². The Bertz CT molecular complexity index is 382. The minimum absolute atomic E-state index is 0.570. The lowest BCUT2D eigenvalue weighted by Crippen LogP contribution is -1.96. The highest BCUT2D eigenvalue weighted by atomic mass is 32.1. The molecular formula is C10H10N2S. The molecule has 13 heavy (non-hydrogen) atoms. The minimum atomic E-state index is 0.570. The number of hydrogen-bond acceptors (Lipinski definition) is 3. The van der Waals surface area contributed by atoms with E-state index in [4.69, 9.17) is 5.73 Å². The summed E-state index contributed by atoms with van der Waals surface area (Å²) >= 11 is 1.69. The molecule has 0 aliphatic carbocycles. The number of hydrogen-bond donors (Lipinski definition) is 1. The lowest BCUT2D eigenvalue weighted by atomic mass is 10.2. The molecule has 2 rings (SSSR count). The molecule has 0 aliphatic heterocycles. The molecule has 3 heteroatoms. The monoisotopic (exact) mass is 190 g/mol. The maximum absolute atomic E-state index is 5.55. The van der Waals surface area contributed by atoms with E-state index in [9.17, 15) is 0 Å². The molecule has 0 fully saturated rings. The van der Waals surface area contributed by atoms with Crippen LogP contribution in [0.1, 0.15) is 5.56 Å². The Balaban J connectivity index is 2.41. The first-order valence-corrected chi connectivity index (χ1v) is 4.97. The first-order valence-electron chi connectivity index (χ1n) is 4.09. The van der Waals surface area contributed by atoms with Gasteiger partial charge >= 0.3 is 0 Å². The summed E-state index contributed by atoms with van der Waals surface area (Å²) in [5, 5.41) is 2.05. The van der Waals surface area contributed by atoms with Gasteiger partial charge in [0.15, 0.2) is 0 Å². The van der Waals surface area contributed by atoms with Gasteiger partial charge in [0.25, 0.3) is 0 Å². The highest BCUT2D eigenvalue weighted by Crippen LogP contribution is 2.22. The molecule has 0 atom stereocenters. The summed E-state index contributed by atoms with van der Waals surface area (Å²) in [6.45, 7) is 0.570. The first kappa shape index (κ1) is 8.41. The van der Waals surface area contributed by atoms with Crippen LogP contribution in [0.25, 0.3) is 10.6 Å². The summed E-state index contributed by atoms with van der Waals surface area (Å²) in [7, 11) is 0. The van der Waals surface area contributed by atoms with Crippen molar-refractivity contribution < 1.29 is 0 Å². The Morgan fingerprint density at radius 3 is 3.00 bits per heavy atom. The van der Waals surface area contributed by atoms with Gasteiger partial charge in [0, 0.05) is 12.7 Å². The molecule has 2 heterocycles. The van der Waals surface area contributed by atoms with Crippen LogP contribution in [0.5, 0.6) is 0 Å². The predicted molar refractivity (Wildman–Crippen MR) is 55.4 cm³/mol. The third kappa shape index (κ3) is 1.76. The molecule has 0 radical (unpaired) electrons. The number of nitrogens with two attached hydrogens (primary N) is 1. The second-order valence-corrected chi connectivity index (χ2v) is 3.68. The van der Waals surface area contributed by atoms with Crippen molar-refractivity contribution in [1.29, 1.82) is 0 Å². The molecule has 0 bridgehead atoms. The summed E-state index contributed by atoms with van der Waals surface area (Å²) in [6, 6.07) is 8.06. The molecule has 2 nitrogen and oxygen atoms in total. The summed E-state index contributed by atoms with van der Waals surface area (Å²) in [4.78, 5) is 5.47. The summed E-state index contributed by atoms with van der Waals surface area (Å²) in [5.41, 5.74) is 7.68. The highest BCUT2D eigenvalue weighted by molar-refractivity contribution is 7.13. The van der Waals surface area contributed by atoms with Gasteiger partial charge in [0.2, 0.25) is 0 Å². The van der Waals surface area contributed by atoms with Crippen molar-refractivity contribution in [1.82, 2.24) is 4.98 Å². The van der Waals surface area contributed by atoms with Gasteiger partial charge in [0.1, 0.15) is 0 Å². The molecule has 66 valence electrons. The Hall–Kier alpha value is -1.19. The van der Waals surface area contributed by atoms with E-state index in [1.165, 1.54) is 4.88 Å². The van der Waals surface area contributed by atoms with Crippen molar-refractivity contribution in [3.8, 4) is 10.6 Å². The van der Waals surface area contributed by atoms with Gasteiger partial charge in [-0.05, 0) is 29.1 Å². The first-order chi connectivity index (χ1) is 6.40. The van der Waals surface area contributed by atoms with Gasteiger partial charge < -0.3 is 5.73 Å². The van der Waals surface area contributed by atoms with Crippen molar-refractivity contribution in [2.45, 2.75) is 6.54 Å². The summed E-state index contributed by atoms with van der Waals surface area (Å²) < 4.78 is 0. The van der Waals surface area contributed by atoms with Crippen LogP contribution in [0, 0.1) is 0 Å². The van der Waals surface area contributed by atoms with Gasteiger partial charge in [0.05, 0.1) is 10.6 Å². The van der Waals surface area contributed by atoms with Crippen molar-refractivity contribution in [3.63, 3.8) is 0 Å². The van der Waals surface area contributed by atoms with Crippen molar-refractivity contribution in [2.24, 2.45) is 5.73 Å². The lowest BCUT2D eigenvalue weighted by molar-refractivity contribution is 1.06. The lowest BCUT2D eigenvalue weighted by Gasteiger charge is -1.99. The zero-order chi connectivity index (χ0) is 9.10. The smallest absolute Gasteiger partial charge is 0.0804 e. The zero-order valence-corrected chi connectivity index (χ0v) is 7.92. The second-order valence-electron chi connectivity index (χ2n) is 2.73. The normalized spacial score (nSPS) is 10.2. The summed E-state index contributed by atoms with van der Waals surface area (Å²) in [5.74, 6) is 0. The molecule has 0 saturated heterocycles. The highest BCUT2D eigenvalue weighted by Gasteiger charge is 1.99. The van der Waals surface area contributed by atoms with Gasteiger partial charge in [-0.25, -0.2) is 0 Å². The third-order valence-corrected chi connectivity index (χ3v) is 2.73. The average Bonchev–Trinajstić information content (AvgIpc) is 2.71. The standard InChI is InChI=1S/C10H10N2S/c11-7-8-3-4-12-9(6-8)10-2-1-5-13-10/h1-6H,7,11H2. The molecule has 2 aromatic heterocycles. The van der Waals surface area contributed by atoms with E-state index in [1.54, 1.807) is 17.5 Å². The maximum Gasteiger partial charge on any atom is 0.0804 e. The Labute approximate surface area is 81.1 Å². The van der Waals surface area contributed by atoms with Crippen LogP contribution in [0.4, 0.5) is 0 Å². The zero-order valence-electron chi connectivity index (χ0n) is 7.10. The molecule has 0 saturated carbocycles. The van der Waals surface area contributed by atoms with E-state index in [2.05, 4.69) is 11.1 Å². The van der Waals surface area contributed by atoms with Crippen molar-refractivity contribution in [3.05, 3.63) is 41.4 Å². The molecule has 0 amide bonds. The fraction of sp³-hybridized carbons (Fsp3) is 0.100. The van der Waals surface area contributed by atoms with Gasteiger partial charge in [-0.2, -0.15) is 0 Å². The number of thiophene rings is 1. The van der Waals surface area contributed by atoms with Crippen LogP contribution < -0.4 is 5.73 Å². The predicted octanol–water partition coefficient (Wildman–Crippen LogP) is 2.27. The number of pyridine rings is 1. The Morgan fingerprint density at radius 2 is 2.31 bits per heavy atom. The average molecular weight is 190 g/mol. The Kier molecular flexibility index (Phi) is 2.38. The van der Waals surface area contributed by atoms with E-state index in [1.807, 2.05) is 23.6 Å². The van der Waals surface area contributed by atoms with E-state index < -0.39 is 0 Å². The number of aromatic nitrogens is 1. The quantitative estimate of drug-likeness (QED) is 0.789. The second kappa shape index (κ2) is 3.68. The van der Waals surface area contributed by atoms with Crippen LogP contribution in [0.2, 0.25) is 0 Å². The van der Waals surface area contributed by atoms with Crippen molar-refractivity contribution in [2.75, 3.05) is 0 Å². The SMILES string of the molecule is NCc1ccnc(-c2cccs2)c1. The topological polar surface area (TPSA) is 38.9 Å². The van der Waals surface area contributed by atoms with Crippen LogP contribution in [-0.4, -0.2) is 4.98 Å². The van der Waals surface area contributed by atoms with E-state index in [-0.39, 0.29) is 0 Å². The van der Waals surface area contributed by atoms with Crippen LogP contribution in [0.3, 0.4) is 0 Å². The molecule has 0 unspecified atom stereocenters. The van der Waals surface area contributed by atoms with Gasteiger partial charge in [-0.3, -0.25) is 4.98 Å². The fourth-order valence-corrected chi connectivity index (χ4v) is 1.85. The Morgan fingerprint density at radius 1 is 1.38 bits per heavy atom. The fourth-order valence-electron chi connectivity index (χ4n) is 1.16. The molecule has 0 aliphatic rings. The number of nitrogens with zero attached hydrogens (tertiary/aromatic N) is 1. The summed E-state index contributed by atoms with van der Waals surface area (Å²) in [6.07, 6.45) is 1.80. The third-order valence-electron chi connectivity index (χ3n) is 1.83. The van der Waals surface area contributed by atoms with E-state index >= 15 is 0 Å². The van der Waals surface area contributed by atoms with E-state index in [0.29, 0.717) is 6.54 Å². The largest absolute Gasteiger partial charge is 0.326 e. The number of rotatable bonds is 2. The van der Waals surface area contributed by atoms with Gasteiger partial charge in [-0.1, -0.05) is 6.07 Å². The molecule has 0 spiro atoms. The van der Waals surface area contributed by atoms with E-state index in [0.717, 1.165) is 11.3 Å². The molecule has 2 aromatic rings. The van der Waals surface area contributed by atoms with Crippen LogP contribution in [-0.2, 0) is 6.54 Å². The van der Waals surface area contributed by atoms with Crippen LogP contribution in [0.15, 0.2) is 35.8 Å². The molecule has 2 N–H and O–H groups in total. The van der Waals surface area contributed by atoms with Gasteiger partial charge in [-0.15, -0.1) is 11.3 Å².